The molecule has 0 aliphatic heterocycles. The van der Waals surface area contributed by atoms with Gasteiger partial charge in [0.15, 0.2) is 0 Å². The Labute approximate surface area is 193 Å². The van der Waals surface area contributed by atoms with E-state index < -0.39 is 15.6 Å². The lowest BCUT2D eigenvalue weighted by Gasteiger charge is -2.11. The third kappa shape index (κ3) is 6.52. The molecule has 1 N–H and O–H groups in total. The number of hydrogen-bond donors (Lipinski definition) is 1. The molecule has 0 aliphatic rings. The molecule has 3 rings (SSSR count). The molecule has 0 fully saturated rings. The molecule has 0 unspecified atom stereocenters. The van der Waals surface area contributed by atoms with Gasteiger partial charge in [0, 0.05) is 30.5 Å². The lowest BCUT2D eigenvalue weighted by Crippen LogP contribution is -2.24. The van der Waals surface area contributed by atoms with Crippen LogP contribution in [-0.2, 0) is 21.2 Å². The normalized spacial score (nSPS) is 11.6. The van der Waals surface area contributed by atoms with E-state index in [1.165, 1.54) is 6.07 Å². The highest BCUT2D eigenvalue weighted by Gasteiger charge is 2.14. The first kappa shape index (κ1) is 24.7. The van der Waals surface area contributed by atoms with Gasteiger partial charge in [-0.1, -0.05) is 31.0 Å². The summed E-state index contributed by atoms with van der Waals surface area (Å²) in [5.74, 6) is 0.0221. The van der Waals surface area contributed by atoms with Crippen molar-refractivity contribution >= 4 is 27.0 Å². The number of nitrogens with one attached hydrogen (secondary N) is 1. The number of unbranched alkanes of at least 4 members (excludes halogenated alkanes) is 2. The largest absolute Gasteiger partial charge is 0.426 e. The van der Waals surface area contributed by atoms with E-state index in [0.717, 1.165) is 22.1 Å². The molecule has 0 radical (unpaired) electrons. The maximum absolute atomic E-state index is 12.3. The molecule has 8 heteroatoms. The minimum Gasteiger partial charge on any atom is -0.426 e. The number of carbonyl (C=O) groups excluding carboxylic acids is 1. The van der Waals surface area contributed by atoms with Crippen LogP contribution in [0.15, 0.2) is 56.6 Å². The van der Waals surface area contributed by atoms with Crippen molar-refractivity contribution in [3.8, 4) is 5.75 Å². The monoisotopic (exact) mass is 471 g/mol. The van der Waals surface area contributed by atoms with E-state index in [9.17, 15) is 18.0 Å². The molecule has 0 amide bonds. The van der Waals surface area contributed by atoms with Crippen molar-refractivity contribution in [1.82, 2.24) is 4.72 Å². The van der Waals surface area contributed by atoms with Crippen LogP contribution in [0.2, 0.25) is 0 Å². The van der Waals surface area contributed by atoms with Gasteiger partial charge in [0.1, 0.15) is 11.3 Å². The first-order valence-corrected chi connectivity index (χ1v) is 12.5. The fourth-order valence-corrected chi connectivity index (χ4v) is 4.59. The predicted octanol–water partition coefficient (Wildman–Crippen LogP) is 4.42. The summed E-state index contributed by atoms with van der Waals surface area (Å²) in [6.45, 7) is 6.00. The van der Waals surface area contributed by atoms with Crippen molar-refractivity contribution in [2.45, 2.75) is 57.8 Å². The van der Waals surface area contributed by atoms with Crippen LogP contribution in [0.3, 0.4) is 0 Å². The summed E-state index contributed by atoms with van der Waals surface area (Å²) in [4.78, 5) is 24.2. The molecular formula is C25H29NO6S. The SMILES string of the molecule is CCc1cc2c(C)cc(=O)oc2cc1OC(=O)CCCCCNS(=O)(=O)c1ccc(C)cc1. The minimum absolute atomic E-state index is 0.212. The molecule has 3 aromatic rings. The van der Waals surface area contributed by atoms with Crippen LogP contribution >= 0.6 is 0 Å². The summed E-state index contributed by atoms with van der Waals surface area (Å²) in [6.07, 6.45) is 2.74. The quantitative estimate of drug-likeness (QED) is 0.203. The van der Waals surface area contributed by atoms with E-state index in [1.54, 1.807) is 30.3 Å². The van der Waals surface area contributed by atoms with E-state index in [0.29, 0.717) is 43.6 Å². The van der Waals surface area contributed by atoms with Crippen LogP contribution in [0.4, 0.5) is 0 Å². The zero-order valence-electron chi connectivity index (χ0n) is 19.1. The number of carbonyl (C=O) groups is 1. The number of aryl methyl sites for hydroxylation is 3. The van der Waals surface area contributed by atoms with Crippen molar-refractivity contribution in [2.75, 3.05) is 6.54 Å². The van der Waals surface area contributed by atoms with Crippen molar-refractivity contribution in [2.24, 2.45) is 0 Å². The lowest BCUT2D eigenvalue weighted by molar-refractivity contribution is -0.134. The van der Waals surface area contributed by atoms with Gasteiger partial charge in [-0.2, -0.15) is 0 Å². The molecule has 176 valence electrons. The maximum Gasteiger partial charge on any atom is 0.336 e. The minimum atomic E-state index is -3.53. The molecular weight excluding hydrogens is 442 g/mol. The first-order chi connectivity index (χ1) is 15.7. The second kappa shape index (κ2) is 10.8. The highest BCUT2D eigenvalue weighted by molar-refractivity contribution is 7.89. The molecule has 0 spiro atoms. The predicted molar refractivity (Wildman–Crippen MR) is 127 cm³/mol. The Balaban J connectivity index is 1.48. The van der Waals surface area contributed by atoms with Crippen molar-refractivity contribution < 1.29 is 22.4 Å². The van der Waals surface area contributed by atoms with Gasteiger partial charge in [0.25, 0.3) is 0 Å². The number of ether oxygens (including phenoxy) is 1. The van der Waals surface area contributed by atoms with Gasteiger partial charge in [-0.3, -0.25) is 4.79 Å². The van der Waals surface area contributed by atoms with Crippen LogP contribution in [-0.4, -0.2) is 20.9 Å². The summed E-state index contributed by atoms with van der Waals surface area (Å²) in [6, 6.07) is 11.6. The van der Waals surface area contributed by atoms with E-state index in [4.69, 9.17) is 9.15 Å². The lowest BCUT2D eigenvalue weighted by atomic mass is 10.1. The highest BCUT2D eigenvalue weighted by Crippen LogP contribution is 2.28. The molecule has 0 saturated carbocycles. The standard InChI is InChI=1S/C25H29NO6S/c1-4-19-15-21-18(3)14-25(28)32-23(21)16-22(19)31-24(27)8-6-5-7-13-26-33(29,30)20-11-9-17(2)10-12-20/h9-12,14-16,26H,4-8,13H2,1-3H3. The van der Waals surface area contributed by atoms with Gasteiger partial charge < -0.3 is 9.15 Å². The van der Waals surface area contributed by atoms with Crippen molar-refractivity contribution in [3.63, 3.8) is 0 Å². The van der Waals surface area contributed by atoms with Crippen LogP contribution < -0.4 is 15.1 Å². The molecule has 0 atom stereocenters. The van der Waals surface area contributed by atoms with E-state index in [2.05, 4.69) is 4.72 Å². The van der Waals surface area contributed by atoms with Gasteiger partial charge in [-0.25, -0.2) is 17.9 Å². The van der Waals surface area contributed by atoms with E-state index >= 15 is 0 Å². The van der Waals surface area contributed by atoms with Gasteiger partial charge in [0.05, 0.1) is 4.90 Å². The maximum atomic E-state index is 12.3. The average Bonchev–Trinajstić information content (AvgIpc) is 2.76. The fourth-order valence-electron chi connectivity index (χ4n) is 3.51. The third-order valence-corrected chi connectivity index (χ3v) is 6.90. The molecule has 0 saturated heterocycles. The highest BCUT2D eigenvalue weighted by atomic mass is 32.2. The van der Waals surface area contributed by atoms with Crippen LogP contribution in [0.5, 0.6) is 5.75 Å². The summed E-state index contributed by atoms with van der Waals surface area (Å²) < 4.78 is 37.9. The smallest absolute Gasteiger partial charge is 0.336 e. The van der Waals surface area contributed by atoms with Gasteiger partial charge in [0.2, 0.25) is 10.0 Å². The summed E-state index contributed by atoms with van der Waals surface area (Å²) >= 11 is 0. The summed E-state index contributed by atoms with van der Waals surface area (Å²) in [5.41, 5.74) is 2.61. The number of esters is 1. The Morgan fingerprint density at radius 1 is 1.03 bits per heavy atom. The topological polar surface area (TPSA) is 103 Å². The second-order valence-corrected chi connectivity index (χ2v) is 9.82. The first-order valence-electron chi connectivity index (χ1n) is 11.0. The fraction of sp³-hybridized carbons (Fsp3) is 0.360. The van der Waals surface area contributed by atoms with Crippen LogP contribution in [0.25, 0.3) is 11.0 Å². The molecule has 1 aromatic heterocycles. The Kier molecular flexibility index (Phi) is 8.05. The van der Waals surface area contributed by atoms with Crippen molar-refractivity contribution in [1.29, 1.82) is 0 Å². The Hall–Kier alpha value is -2.97. The number of hydrogen-bond acceptors (Lipinski definition) is 6. The van der Waals surface area contributed by atoms with E-state index in [-0.39, 0.29) is 17.3 Å². The number of benzene rings is 2. The molecule has 0 bridgehead atoms. The Bertz CT molecular complexity index is 1290. The number of fused-ring (bicyclic) bond motifs is 1. The number of rotatable bonds is 10. The zero-order chi connectivity index (χ0) is 24.0. The summed E-state index contributed by atoms with van der Waals surface area (Å²) in [5, 5.41) is 0.819. The van der Waals surface area contributed by atoms with Crippen LogP contribution in [0, 0.1) is 13.8 Å². The van der Waals surface area contributed by atoms with Crippen molar-refractivity contribution in [3.05, 3.63) is 69.6 Å². The Morgan fingerprint density at radius 2 is 1.76 bits per heavy atom. The molecule has 7 nitrogen and oxygen atoms in total. The third-order valence-electron chi connectivity index (χ3n) is 5.42. The van der Waals surface area contributed by atoms with Gasteiger partial charge in [-0.15, -0.1) is 0 Å². The Morgan fingerprint density at radius 3 is 2.45 bits per heavy atom. The average molecular weight is 472 g/mol. The van der Waals surface area contributed by atoms with Gasteiger partial charge in [-0.05, 0) is 62.4 Å². The van der Waals surface area contributed by atoms with E-state index in [1.807, 2.05) is 26.8 Å². The van der Waals surface area contributed by atoms with Crippen LogP contribution in [0.1, 0.15) is 49.3 Å². The van der Waals surface area contributed by atoms with Gasteiger partial charge >= 0.3 is 11.6 Å². The zero-order valence-corrected chi connectivity index (χ0v) is 20.0. The molecule has 0 aliphatic carbocycles. The second-order valence-electron chi connectivity index (χ2n) is 8.05. The molecule has 2 aromatic carbocycles. The molecule has 33 heavy (non-hydrogen) atoms. The molecule has 1 heterocycles. The summed E-state index contributed by atoms with van der Waals surface area (Å²) in [7, 11) is -3.53. The number of sulfonamides is 1.